The lowest BCUT2D eigenvalue weighted by atomic mass is 9.94. The van der Waals surface area contributed by atoms with Crippen LogP contribution in [0, 0.1) is 6.92 Å². The van der Waals surface area contributed by atoms with E-state index in [1.165, 1.54) is 5.56 Å². The molecule has 0 N–H and O–H groups in total. The van der Waals surface area contributed by atoms with E-state index in [2.05, 4.69) is 17.1 Å². The van der Waals surface area contributed by atoms with Crippen LogP contribution < -0.4 is 0 Å². The predicted octanol–water partition coefficient (Wildman–Crippen LogP) is 3.09. The van der Waals surface area contributed by atoms with Gasteiger partial charge < -0.3 is 0 Å². The Balaban J connectivity index is 2.34. The van der Waals surface area contributed by atoms with Gasteiger partial charge in [-0.05, 0) is 42.2 Å². The summed E-state index contributed by atoms with van der Waals surface area (Å²) < 4.78 is 0. The Morgan fingerprint density at radius 2 is 1.94 bits per heavy atom. The normalized spacial score (nSPS) is 16.5. The van der Waals surface area contributed by atoms with Crippen molar-refractivity contribution in [3.05, 3.63) is 53.3 Å². The van der Waals surface area contributed by atoms with Gasteiger partial charge in [-0.25, -0.2) is 0 Å². The second-order valence-corrected chi connectivity index (χ2v) is 4.54. The summed E-state index contributed by atoms with van der Waals surface area (Å²) in [5.41, 5.74) is 5.48. The average molecular weight is 223 g/mol. The zero-order valence-electron chi connectivity index (χ0n) is 9.90. The number of carbonyl (C=O) groups excluding carboxylic acids is 1. The predicted molar refractivity (Wildman–Crippen MR) is 66.9 cm³/mol. The van der Waals surface area contributed by atoms with E-state index in [1.54, 1.807) is 6.92 Å². The lowest BCUT2D eigenvalue weighted by Crippen LogP contribution is -2.07. The second kappa shape index (κ2) is 3.52. The molecule has 0 fully saturated rings. The summed E-state index contributed by atoms with van der Waals surface area (Å²) in [6.07, 6.45) is 1.84. The van der Waals surface area contributed by atoms with Crippen LogP contribution in [0.1, 0.15) is 29.7 Å². The Morgan fingerprint density at radius 1 is 1.18 bits per heavy atom. The van der Waals surface area contributed by atoms with Gasteiger partial charge in [-0.15, -0.1) is 0 Å². The topological polar surface area (TPSA) is 30.0 Å². The summed E-state index contributed by atoms with van der Waals surface area (Å²) in [5.74, 6) is 0.0520. The van der Waals surface area contributed by atoms with Gasteiger partial charge in [-0.2, -0.15) is 0 Å². The van der Waals surface area contributed by atoms with Crippen LogP contribution >= 0.6 is 0 Å². The van der Waals surface area contributed by atoms with E-state index in [4.69, 9.17) is 0 Å². The van der Waals surface area contributed by atoms with Gasteiger partial charge >= 0.3 is 0 Å². The van der Waals surface area contributed by atoms with E-state index in [-0.39, 0.29) is 11.7 Å². The molecule has 2 aromatic rings. The number of carbonyl (C=O) groups is 1. The third-order valence-corrected chi connectivity index (χ3v) is 3.35. The molecular formula is C15H13NO. The largest absolute Gasteiger partial charge is 0.299 e. The molecule has 0 aliphatic heterocycles. The average Bonchev–Trinajstić information content (AvgIpc) is 2.63. The van der Waals surface area contributed by atoms with Crippen molar-refractivity contribution in [1.29, 1.82) is 0 Å². The van der Waals surface area contributed by atoms with Crippen LogP contribution in [-0.4, -0.2) is 10.8 Å². The Morgan fingerprint density at radius 3 is 2.71 bits per heavy atom. The first kappa shape index (κ1) is 10.2. The van der Waals surface area contributed by atoms with Crippen molar-refractivity contribution in [2.75, 3.05) is 0 Å². The number of rotatable bonds is 1. The number of Topliss-reactive ketones (excluding diaryl/α,β-unsaturated/α-hetero) is 1. The van der Waals surface area contributed by atoms with Crippen molar-refractivity contribution in [2.24, 2.45) is 0 Å². The van der Waals surface area contributed by atoms with Crippen molar-refractivity contribution < 1.29 is 4.79 Å². The molecule has 1 unspecified atom stereocenters. The van der Waals surface area contributed by atoms with E-state index in [0.717, 1.165) is 22.4 Å². The van der Waals surface area contributed by atoms with E-state index >= 15 is 0 Å². The summed E-state index contributed by atoms with van der Waals surface area (Å²) in [6, 6.07) is 10.2. The minimum Gasteiger partial charge on any atom is -0.299 e. The lowest BCUT2D eigenvalue weighted by Gasteiger charge is -2.08. The van der Waals surface area contributed by atoms with E-state index in [9.17, 15) is 4.79 Å². The summed E-state index contributed by atoms with van der Waals surface area (Å²) in [6.45, 7) is 3.63. The summed E-state index contributed by atoms with van der Waals surface area (Å²) in [4.78, 5) is 16.1. The van der Waals surface area contributed by atoms with Gasteiger partial charge in [-0.1, -0.05) is 24.3 Å². The van der Waals surface area contributed by atoms with E-state index in [0.29, 0.717) is 0 Å². The van der Waals surface area contributed by atoms with Crippen molar-refractivity contribution in [1.82, 2.24) is 4.98 Å². The molecule has 17 heavy (non-hydrogen) atoms. The molecule has 0 radical (unpaired) electrons. The summed E-state index contributed by atoms with van der Waals surface area (Å²) in [5, 5.41) is 0. The minimum atomic E-state index is -0.130. The van der Waals surface area contributed by atoms with Crippen LogP contribution in [0.15, 0.2) is 36.5 Å². The molecule has 3 rings (SSSR count). The van der Waals surface area contributed by atoms with Crippen molar-refractivity contribution in [2.45, 2.75) is 19.8 Å². The molecule has 1 aromatic heterocycles. The van der Waals surface area contributed by atoms with Gasteiger partial charge in [0.25, 0.3) is 0 Å². The summed E-state index contributed by atoms with van der Waals surface area (Å²) in [7, 11) is 0. The van der Waals surface area contributed by atoms with Crippen molar-refractivity contribution >= 4 is 5.78 Å². The molecule has 1 aliphatic rings. The third-order valence-electron chi connectivity index (χ3n) is 3.35. The third kappa shape index (κ3) is 1.41. The molecule has 0 spiro atoms. The zero-order chi connectivity index (χ0) is 12.0. The van der Waals surface area contributed by atoms with Crippen LogP contribution in [0.4, 0.5) is 0 Å². The quantitative estimate of drug-likeness (QED) is 0.743. The zero-order valence-corrected chi connectivity index (χ0v) is 9.90. The highest BCUT2D eigenvalue weighted by Gasteiger charge is 2.31. The van der Waals surface area contributed by atoms with Gasteiger partial charge in [0.15, 0.2) is 0 Å². The Hall–Kier alpha value is -1.96. The fourth-order valence-corrected chi connectivity index (χ4v) is 2.63. The van der Waals surface area contributed by atoms with Gasteiger partial charge in [0.1, 0.15) is 5.78 Å². The molecule has 1 aliphatic carbocycles. The molecule has 2 nitrogen and oxygen atoms in total. The molecule has 0 saturated heterocycles. The number of ketones is 1. The molecule has 2 heteroatoms. The van der Waals surface area contributed by atoms with Crippen LogP contribution in [-0.2, 0) is 4.79 Å². The first-order chi connectivity index (χ1) is 8.18. The molecular weight excluding hydrogens is 210 g/mol. The SMILES string of the molecule is CC(=O)C1c2ccccc2-c2cc(C)ncc21. The Kier molecular flexibility index (Phi) is 2.11. The highest BCUT2D eigenvalue weighted by atomic mass is 16.1. The fraction of sp³-hybridized carbons (Fsp3) is 0.200. The Bertz CT molecular complexity index is 616. The highest BCUT2D eigenvalue weighted by Crippen LogP contribution is 2.44. The minimum absolute atomic E-state index is 0.130. The van der Waals surface area contributed by atoms with Gasteiger partial charge in [0.2, 0.25) is 0 Å². The number of nitrogens with zero attached hydrogens (tertiary/aromatic N) is 1. The van der Waals surface area contributed by atoms with Gasteiger partial charge in [-0.3, -0.25) is 9.78 Å². The van der Waals surface area contributed by atoms with Crippen molar-refractivity contribution in [3.8, 4) is 11.1 Å². The van der Waals surface area contributed by atoms with E-state index < -0.39 is 0 Å². The van der Waals surface area contributed by atoms with Gasteiger partial charge in [0.05, 0.1) is 5.92 Å². The van der Waals surface area contributed by atoms with Crippen LogP contribution in [0.25, 0.3) is 11.1 Å². The molecule has 0 amide bonds. The number of benzene rings is 1. The first-order valence-electron chi connectivity index (χ1n) is 5.75. The maximum absolute atomic E-state index is 11.8. The molecule has 1 heterocycles. The molecule has 1 aromatic carbocycles. The highest BCUT2D eigenvalue weighted by molar-refractivity contribution is 5.95. The van der Waals surface area contributed by atoms with Gasteiger partial charge in [0, 0.05) is 11.9 Å². The fourth-order valence-electron chi connectivity index (χ4n) is 2.63. The lowest BCUT2D eigenvalue weighted by molar-refractivity contribution is -0.117. The number of pyridine rings is 1. The van der Waals surface area contributed by atoms with E-state index in [1.807, 2.05) is 31.3 Å². The number of aryl methyl sites for hydroxylation is 1. The smallest absolute Gasteiger partial charge is 0.141 e. The first-order valence-corrected chi connectivity index (χ1v) is 5.75. The number of hydrogen-bond acceptors (Lipinski definition) is 2. The molecule has 0 saturated carbocycles. The van der Waals surface area contributed by atoms with Crippen LogP contribution in [0.2, 0.25) is 0 Å². The molecule has 84 valence electrons. The number of fused-ring (bicyclic) bond motifs is 3. The number of aromatic nitrogens is 1. The maximum Gasteiger partial charge on any atom is 0.141 e. The second-order valence-electron chi connectivity index (χ2n) is 4.54. The van der Waals surface area contributed by atoms with Crippen LogP contribution in [0.3, 0.4) is 0 Å². The standard InChI is InChI=1S/C15H13NO/c1-9-7-13-11-5-3-4-6-12(11)15(10(2)17)14(13)8-16-9/h3-8,15H,1-2H3. The molecule has 0 bridgehead atoms. The number of hydrogen-bond donors (Lipinski definition) is 0. The molecule has 1 atom stereocenters. The Labute approximate surface area is 100 Å². The van der Waals surface area contributed by atoms with Crippen LogP contribution in [0.5, 0.6) is 0 Å². The maximum atomic E-state index is 11.8. The monoisotopic (exact) mass is 223 g/mol. The summed E-state index contributed by atoms with van der Waals surface area (Å²) >= 11 is 0. The van der Waals surface area contributed by atoms with Crippen molar-refractivity contribution in [3.63, 3.8) is 0 Å².